The first-order chi connectivity index (χ1) is 9.30. The molecular weight excluding hydrogens is 271 g/mol. The van der Waals surface area contributed by atoms with Gasteiger partial charge in [-0.3, -0.25) is 4.79 Å². The standard InChI is InChI=1S/C14H18F3NO2/c1-10-6-7-11(14(15,16)17)9-12(10)18-8-4-2-3-5-13(19)20/h6-7,9,18H,2-5,8H2,1H3,(H,19,20). The minimum atomic E-state index is -4.34. The van der Waals surface area contributed by atoms with E-state index >= 15 is 0 Å². The lowest BCUT2D eigenvalue weighted by Gasteiger charge is -2.13. The van der Waals surface area contributed by atoms with E-state index < -0.39 is 17.7 Å². The highest BCUT2D eigenvalue weighted by Crippen LogP contribution is 2.31. The molecular formula is C14H18F3NO2. The molecule has 0 bridgehead atoms. The highest BCUT2D eigenvalue weighted by atomic mass is 19.4. The summed E-state index contributed by atoms with van der Waals surface area (Å²) in [6.45, 7) is 2.27. The van der Waals surface area contributed by atoms with Crippen molar-refractivity contribution in [3.8, 4) is 0 Å². The Labute approximate surface area is 115 Å². The van der Waals surface area contributed by atoms with Crippen LogP contribution in [0.1, 0.15) is 36.8 Å². The monoisotopic (exact) mass is 289 g/mol. The SMILES string of the molecule is Cc1ccc(C(F)(F)F)cc1NCCCCCC(=O)O. The quantitative estimate of drug-likeness (QED) is 0.744. The molecule has 2 N–H and O–H groups in total. The van der Waals surface area contributed by atoms with Crippen LogP contribution in [-0.4, -0.2) is 17.6 Å². The van der Waals surface area contributed by atoms with Crippen LogP contribution in [0.25, 0.3) is 0 Å². The van der Waals surface area contributed by atoms with Gasteiger partial charge in [0.15, 0.2) is 0 Å². The molecule has 0 unspecified atom stereocenters. The molecule has 0 radical (unpaired) electrons. The van der Waals surface area contributed by atoms with Gasteiger partial charge < -0.3 is 10.4 Å². The molecule has 0 amide bonds. The number of hydrogen-bond acceptors (Lipinski definition) is 2. The minimum absolute atomic E-state index is 0.128. The van der Waals surface area contributed by atoms with E-state index in [1.165, 1.54) is 6.07 Å². The summed E-state index contributed by atoms with van der Waals surface area (Å²) in [5.74, 6) is -0.827. The molecule has 112 valence electrons. The van der Waals surface area contributed by atoms with Crippen LogP contribution in [0.4, 0.5) is 18.9 Å². The number of anilines is 1. The molecule has 0 aliphatic rings. The van der Waals surface area contributed by atoms with Crippen LogP contribution in [0.3, 0.4) is 0 Å². The number of halogens is 3. The highest BCUT2D eigenvalue weighted by molar-refractivity contribution is 5.66. The molecule has 1 aromatic carbocycles. The van der Waals surface area contributed by atoms with Gasteiger partial charge in [0.2, 0.25) is 0 Å². The van der Waals surface area contributed by atoms with E-state index in [1.807, 2.05) is 0 Å². The number of benzene rings is 1. The lowest BCUT2D eigenvalue weighted by atomic mass is 10.1. The molecule has 0 saturated heterocycles. The average molecular weight is 289 g/mol. The summed E-state index contributed by atoms with van der Waals surface area (Å²) in [6.07, 6.45) is -2.17. The maximum Gasteiger partial charge on any atom is 0.416 e. The predicted octanol–water partition coefficient (Wildman–Crippen LogP) is 4.07. The van der Waals surface area contributed by atoms with Crippen molar-refractivity contribution in [3.63, 3.8) is 0 Å². The Bertz CT molecular complexity index is 458. The van der Waals surface area contributed by atoms with Gasteiger partial charge in [-0.1, -0.05) is 12.5 Å². The Morgan fingerprint density at radius 2 is 1.95 bits per heavy atom. The first kappa shape index (κ1) is 16.3. The summed E-state index contributed by atoms with van der Waals surface area (Å²) in [5.41, 5.74) is 0.554. The van der Waals surface area contributed by atoms with E-state index in [0.29, 0.717) is 18.7 Å². The fourth-order valence-corrected chi connectivity index (χ4v) is 1.79. The third kappa shape index (κ3) is 5.50. The van der Waals surface area contributed by atoms with E-state index in [9.17, 15) is 18.0 Å². The Hall–Kier alpha value is -1.72. The first-order valence-corrected chi connectivity index (χ1v) is 6.44. The number of rotatable bonds is 7. The van der Waals surface area contributed by atoms with Crippen molar-refractivity contribution in [2.75, 3.05) is 11.9 Å². The van der Waals surface area contributed by atoms with Gasteiger partial charge in [0.25, 0.3) is 0 Å². The van der Waals surface area contributed by atoms with E-state index in [1.54, 1.807) is 6.92 Å². The van der Waals surface area contributed by atoms with Crippen LogP contribution in [0.5, 0.6) is 0 Å². The van der Waals surface area contributed by atoms with Crippen molar-refractivity contribution in [1.82, 2.24) is 0 Å². The van der Waals surface area contributed by atoms with Gasteiger partial charge >= 0.3 is 12.1 Å². The number of aliphatic carboxylic acids is 1. The fourth-order valence-electron chi connectivity index (χ4n) is 1.79. The second-order valence-corrected chi connectivity index (χ2v) is 4.66. The van der Waals surface area contributed by atoms with Gasteiger partial charge in [-0.2, -0.15) is 13.2 Å². The zero-order valence-electron chi connectivity index (χ0n) is 11.3. The number of carboxylic acids is 1. The maximum atomic E-state index is 12.6. The molecule has 0 spiro atoms. The minimum Gasteiger partial charge on any atom is -0.481 e. The molecule has 0 heterocycles. The van der Waals surface area contributed by atoms with Crippen molar-refractivity contribution in [1.29, 1.82) is 0 Å². The number of hydrogen-bond donors (Lipinski definition) is 2. The Kier molecular flexibility index (Phi) is 5.85. The summed E-state index contributed by atoms with van der Waals surface area (Å²) >= 11 is 0. The second kappa shape index (κ2) is 7.17. The normalized spacial score (nSPS) is 11.4. The average Bonchev–Trinajstić information content (AvgIpc) is 2.33. The van der Waals surface area contributed by atoms with E-state index in [4.69, 9.17) is 5.11 Å². The lowest BCUT2D eigenvalue weighted by molar-refractivity contribution is -0.138. The Balaban J connectivity index is 2.45. The number of carboxylic acid groups (broad SMARTS) is 1. The predicted molar refractivity (Wildman–Crippen MR) is 70.8 cm³/mol. The van der Waals surface area contributed by atoms with Gasteiger partial charge in [0.05, 0.1) is 5.56 Å². The Morgan fingerprint density at radius 3 is 2.55 bits per heavy atom. The number of alkyl halides is 3. The van der Waals surface area contributed by atoms with Crippen molar-refractivity contribution in [2.24, 2.45) is 0 Å². The van der Waals surface area contributed by atoms with Crippen molar-refractivity contribution >= 4 is 11.7 Å². The molecule has 0 saturated carbocycles. The molecule has 20 heavy (non-hydrogen) atoms. The summed E-state index contributed by atoms with van der Waals surface area (Å²) in [4.78, 5) is 10.3. The van der Waals surface area contributed by atoms with Gasteiger partial charge in [-0.25, -0.2) is 0 Å². The fraction of sp³-hybridized carbons (Fsp3) is 0.500. The van der Waals surface area contributed by atoms with Crippen molar-refractivity contribution in [3.05, 3.63) is 29.3 Å². The van der Waals surface area contributed by atoms with Gasteiger partial charge in [0.1, 0.15) is 0 Å². The molecule has 0 atom stereocenters. The van der Waals surface area contributed by atoms with Crippen molar-refractivity contribution < 1.29 is 23.1 Å². The molecule has 3 nitrogen and oxygen atoms in total. The third-order valence-electron chi connectivity index (χ3n) is 2.95. The molecule has 0 aliphatic heterocycles. The van der Waals surface area contributed by atoms with Gasteiger partial charge in [-0.15, -0.1) is 0 Å². The summed E-state index contributed by atoms with van der Waals surface area (Å²) < 4.78 is 37.7. The van der Waals surface area contributed by atoms with E-state index in [-0.39, 0.29) is 6.42 Å². The second-order valence-electron chi connectivity index (χ2n) is 4.66. The van der Waals surface area contributed by atoms with E-state index in [0.717, 1.165) is 30.5 Å². The van der Waals surface area contributed by atoms with Crippen LogP contribution in [0.2, 0.25) is 0 Å². The maximum absolute atomic E-state index is 12.6. The molecule has 0 aliphatic carbocycles. The van der Waals surface area contributed by atoms with Crippen LogP contribution < -0.4 is 5.32 Å². The summed E-state index contributed by atoms with van der Waals surface area (Å²) in [7, 11) is 0. The van der Waals surface area contributed by atoms with E-state index in [2.05, 4.69) is 5.32 Å². The highest BCUT2D eigenvalue weighted by Gasteiger charge is 2.30. The smallest absolute Gasteiger partial charge is 0.416 e. The summed E-state index contributed by atoms with van der Waals surface area (Å²) in [6, 6.07) is 3.61. The zero-order chi connectivity index (χ0) is 15.2. The number of unbranched alkanes of at least 4 members (excludes halogenated alkanes) is 2. The molecule has 1 aromatic rings. The molecule has 6 heteroatoms. The third-order valence-corrected chi connectivity index (χ3v) is 2.95. The Morgan fingerprint density at radius 1 is 1.25 bits per heavy atom. The molecule has 1 rings (SSSR count). The molecule has 0 aromatic heterocycles. The summed E-state index contributed by atoms with van der Waals surface area (Å²) in [5, 5.41) is 11.4. The number of carbonyl (C=O) groups is 1. The number of nitrogens with one attached hydrogen (secondary N) is 1. The number of aryl methyl sites for hydroxylation is 1. The lowest BCUT2D eigenvalue weighted by Crippen LogP contribution is -2.08. The first-order valence-electron chi connectivity index (χ1n) is 6.44. The van der Waals surface area contributed by atoms with Crippen LogP contribution >= 0.6 is 0 Å². The van der Waals surface area contributed by atoms with Crippen molar-refractivity contribution in [2.45, 2.75) is 38.8 Å². The van der Waals surface area contributed by atoms with Gasteiger partial charge in [-0.05, 0) is 37.5 Å². The van der Waals surface area contributed by atoms with Crippen LogP contribution in [0.15, 0.2) is 18.2 Å². The van der Waals surface area contributed by atoms with Crippen LogP contribution in [0, 0.1) is 6.92 Å². The van der Waals surface area contributed by atoms with Gasteiger partial charge in [0, 0.05) is 18.7 Å². The topological polar surface area (TPSA) is 49.3 Å². The largest absolute Gasteiger partial charge is 0.481 e. The zero-order valence-corrected chi connectivity index (χ0v) is 11.3. The molecule has 0 fully saturated rings. The van der Waals surface area contributed by atoms with Crippen LogP contribution in [-0.2, 0) is 11.0 Å².